The van der Waals surface area contributed by atoms with E-state index in [1.54, 1.807) is 11.3 Å². The number of hydrogen-bond donors (Lipinski definition) is 0. The molecule has 2 heterocycles. The number of thiazole rings is 1. The lowest BCUT2D eigenvalue weighted by Gasteiger charge is -1.99. The van der Waals surface area contributed by atoms with Gasteiger partial charge in [0.15, 0.2) is 0 Å². The summed E-state index contributed by atoms with van der Waals surface area (Å²) >= 11 is 1.77. The maximum Gasteiger partial charge on any atom is 0.0998 e. The first-order valence-electron chi connectivity index (χ1n) is 7.76. The van der Waals surface area contributed by atoms with Gasteiger partial charge in [-0.2, -0.15) is 0 Å². The van der Waals surface area contributed by atoms with E-state index in [1.165, 1.54) is 50.0 Å². The van der Waals surface area contributed by atoms with Gasteiger partial charge in [-0.05, 0) is 25.0 Å². The summed E-state index contributed by atoms with van der Waals surface area (Å²) in [6.45, 7) is 2.27. The van der Waals surface area contributed by atoms with E-state index in [4.69, 9.17) is 0 Å². The van der Waals surface area contributed by atoms with Crippen molar-refractivity contribution >= 4 is 11.3 Å². The average Bonchev–Trinajstić information content (AvgIpc) is 2.96. The van der Waals surface area contributed by atoms with Gasteiger partial charge < -0.3 is 0 Å². The van der Waals surface area contributed by atoms with Crippen LogP contribution in [0.25, 0.3) is 11.4 Å². The average molecular weight is 288 g/mol. The Morgan fingerprint density at radius 2 is 1.75 bits per heavy atom. The molecule has 0 atom stereocenters. The van der Waals surface area contributed by atoms with Gasteiger partial charge in [0.05, 0.1) is 16.4 Å². The van der Waals surface area contributed by atoms with Gasteiger partial charge in [-0.15, -0.1) is 11.3 Å². The summed E-state index contributed by atoms with van der Waals surface area (Å²) in [6, 6.07) is 5.97. The first kappa shape index (κ1) is 15.2. The van der Waals surface area contributed by atoms with Crippen molar-refractivity contribution in [1.29, 1.82) is 0 Å². The predicted molar refractivity (Wildman–Crippen MR) is 87.0 cm³/mol. The van der Waals surface area contributed by atoms with Crippen molar-refractivity contribution < 1.29 is 0 Å². The third-order valence-corrected chi connectivity index (χ3v) is 4.38. The number of nitrogens with zero attached hydrogens (tertiary/aromatic N) is 2. The number of rotatable bonds is 9. The van der Waals surface area contributed by atoms with Crippen molar-refractivity contribution in [1.82, 2.24) is 9.97 Å². The molecular weight excluding hydrogens is 264 g/mol. The van der Waals surface area contributed by atoms with Crippen LogP contribution in [0.3, 0.4) is 0 Å². The molecule has 2 nitrogen and oxygen atoms in total. The van der Waals surface area contributed by atoms with E-state index in [1.807, 2.05) is 24.4 Å². The molecule has 2 aromatic rings. The highest BCUT2D eigenvalue weighted by atomic mass is 32.1. The SMILES string of the molecule is CCCCCCCCCc1nc(-c2ccccn2)cs1. The van der Waals surface area contributed by atoms with E-state index >= 15 is 0 Å². The van der Waals surface area contributed by atoms with Gasteiger partial charge in [-0.3, -0.25) is 4.98 Å². The van der Waals surface area contributed by atoms with Crippen molar-refractivity contribution in [2.24, 2.45) is 0 Å². The van der Waals surface area contributed by atoms with E-state index in [9.17, 15) is 0 Å². The summed E-state index contributed by atoms with van der Waals surface area (Å²) in [5.41, 5.74) is 2.00. The minimum Gasteiger partial charge on any atom is -0.255 e. The molecule has 0 aliphatic heterocycles. The summed E-state index contributed by atoms with van der Waals surface area (Å²) < 4.78 is 0. The lowest BCUT2D eigenvalue weighted by molar-refractivity contribution is 0.589. The Morgan fingerprint density at radius 3 is 2.50 bits per heavy atom. The van der Waals surface area contributed by atoms with Crippen LogP contribution in [0.4, 0.5) is 0 Å². The fourth-order valence-electron chi connectivity index (χ4n) is 2.29. The van der Waals surface area contributed by atoms with Crippen molar-refractivity contribution in [3.8, 4) is 11.4 Å². The van der Waals surface area contributed by atoms with Crippen molar-refractivity contribution in [3.63, 3.8) is 0 Å². The second-order valence-corrected chi connectivity index (χ2v) is 6.16. The van der Waals surface area contributed by atoms with Gasteiger partial charge in [0.25, 0.3) is 0 Å². The molecule has 0 spiro atoms. The predicted octanol–water partition coefficient (Wildman–Crippen LogP) is 5.50. The number of unbranched alkanes of at least 4 members (excludes halogenated alkanes) is 6. The van der Waals surface area contributed by atoms with Crippen LogP contribution >= 0.6 is 11.3 Å². The van der Waals surface area contributed by atoms with E-state index in [2.05, 4.69) is 22.3 Å². The summed E-state index contributed by atoms with van der Waals surface area (Å²) in [5, 5.41) is 3.37. The van der Waals surface area contributed by atoms with Crippen LogP contribution in [-0.2, 0) is 6.42 Å². The van der Waals surface area contributed by atoms with Gasteiger partial charge >= 0.3 is 0 Å². The zero-order valence-electron chi connectivity index (χ0n) is 12.3. The minimum absolute atomic E-state index is 0.981. The second kappa shape index (κ2) is 8.85. The Bertz CT molecular complexity index is 479. The molecule has 0 N–H and O–H groups in total. The third-order valence-electron chi connectivity index (χ3n) is 3.47. The molecule has 0 aliphatic rings. The zero-order chi connectivity index (χ0) is 14.0. The largest absolute Gasteiger partial charge is 0.255 e. The number of pyridine rings is 1. The highest BCUT2D eigenvalue weighted by Crippen LogP contribution is 2.21. The molecule has 0 radical (unpaired) electrons. The third kappa shape index (κ3) is 5.04. The maximum absolute atomic E-state index is 4.68. The van der Waals surface area contributed by atoms with E-state index in [0.29, 0.717) is 0 Å². The van der Waals surface area contributed by atoms with Crippen LogP contribution in [0, 0.1) is 0 Å². The molecule has 2 aromatic heterocycles. The minimum atomic E-state index is 0.981. The van der Waals surface area contributed by atoms with Gasteiger partial charge in [-0.25, -0.2) is 4.98 Å². The summed E-state index contributed by atoms with van der Waals surface area (Å²) in [7, 11) is 0. The van der Waals surface area contributed by atoms with Crippen LogP contribution in [0.1, 0.15) is 56.9 Å². The van der Waals surface area contributed by atoms with Gasteiger partial charge in [0.1, 0.15) is 0 Å². The molecule has 0 saturated carbocycles. The van der Waals surface area contributed by atoms with E-state index in [0.717, 1.165) is 17.8 Å². The second-order valence-electron chi connectivity index (χ2n) is 5.21. The Balaban J connectivity index is 1.69. The summed E-state index contributed by atoms with van der Waals surface area (Å²) in [6.07, 6.45) is 12.4. The van der Waals surface area contributed by atoms with Gasteiger partial charge in [0.2, 0.25) is 0 Å². The molecule has 0 saturated heterocycles. The van der Waals surface area contributed by atoms with E-state index in [-0.39, 0.29) is 0 Å². The normalized spacial score (nSPS) is 10.8. The smallest absolute Gasteiger partial charge is 0.0998 e. The fourth-order valence-corrected chi connectivity index (χ4v) is 3.13. The molecule has 0 amide bonds. The highest BCUT2D eigenvalue weighted by Gasteiger charge is 2.04. The molecule has 108 valence electrons. The van der Waals surface area contributed by atoms with Crippen LogP contribution in [0.2, 0.25) is 0 Å². The Hall–Kier alpha value is -1.22. The van der Waals surface area contributed by atoms with Crippen LogP contribution in [0.5, 0.6) is 0 Å². The molecule has 3 heteroatoms. The van der Waals surface area contributed by atoms with Gasteiger partial charge in [0, 0.05) is 11.6 Å². The molecule has 0 bridgehead atoms. The fraction of sp³-hybridized carbons (Fsp3) is 0.529. The van der Waals surface area contributed by atoms with Crippen LogP contribution < -0.4 is 0 Å². The first-order chi connectivity index (χ1) is 9.90. The Morgan fingerprint density at radius 1 is 0.950 bits per heavy atom. The summed E-state index contributed by atoms with van der Waals surface area (Å²) in [4.78, 5) is 9.03. The van der Waals surface area contributed by atoms with Gasteiger partial charge in [-0.1, -0.05) is 51.5 Å². The standard InChI is InChI=1S/C17H24N2S/c1-2-3-4-5-6-7-8-12-17-19-16(14-20-17)15-11-9-10-13-18-15/h9-11,13-14H,2-8,12H2,1H3. The summed E-state index contributed by atoms with van der Waals surface area (Å²) in [5.74, 6) is 0. The lowest BCUT2D eigenvalue weighted by Crippen LogP contribution is -1.87. The zero-order valence-corrected chi connectivity index (χ0v) is 13.2. The number of aromatic nitrogens is 2. The topological polar surface area (TPSA) is 25.8 Å². The van der Waals surface area contributed by atoms with Crippen LogP contribution in [0.15, 0.2) is 29.8 Å². The van der Waals surface area contributed by atoms with Crippen LogP contribution in [-0.4, -0.2) is 9.97 Å². The molecule has 2 rings (SSSR count). The number of hydrogen-bond acceptors (Lipinski definition) is 3. The van der Waals surface area contributed by atoms with Crippen molar-refractivity contribution in [2.75, 3.05) is 0 Å². The molecule has 0 unspecified atom stereocenters. The molecule has 0 aromatic carbocycles. The van der Waals surface area contributed by atoms with Crippen molar-refractivity contribution in [2.45, 2.75) is 58.3 Å². The molecule has 0 aliphatic carbocycles. The van der Waals surface area contributed by atoms with E-state index < -0.39 is 0 Å². The Kier molecular flexibility index (Phi) is 6.72. The quantitative estimate of drug-likeness (QED) is 0.569. The Labute approximate surface area is 126 Å². The first-order valence-corrected chi connectivity index (χ1v) is 8.64. The number of aryl methyl sites for hydroxylation is 1. The monoisotopic (exact) mass is 288 g/mol. The van der Waals surface area contributed by atoms with Crippen molar-refractivity contribution in [3.05, 3.63) is 34.8 Å². The maximum atomic E-state index is 4.68. The highest BCUT2D eigenvalue weighted by molar-refractivity contribution is 7.09. The molecule has 0 fully saturated rings. The molecular formula is C17H24N2S. The molecule has 20 heavy (non-hydrogen) atoms. The lowest BCUT2D eigenvalue weighted by atomic mass is 10.1.